The van der Waals surface area contributed by atoms with Crippen LogP contribution in [0.15, 0.2) is 0 Å². The minimum Gasteiger partial charge on any atom is -0.382 e. The van der Waals surface area contributed by atoms with E-state index in [0.29, 0.717) is 6.04 Å². The predicted octanol–water partition coefficient (Wildman–Crippen LogP) is 0.639. The summed E-state index contributed by atoms with van der Waals surface area (Å²) in [5.74, 6) is 0. The normalized spacial score (nSPS) is 23.1. The lowest BCUT2D eigenvalue weighted by atomic mass is 10.2. The molecule has 0 aromatic rings. The van der Waals surface area contributed by atoms with E-state index in [1.165, 1.54) is 26.2 Å². The maximum Gasteiger partial charge on any atom is 0.0477 e. The van der Waals surface area contributed by atoms with E-state index in [1.54, 1.807) is 0 Å². The molecule has 1 atom stereocenters. The van der Waals surface area contributed by atoms with Gasteiger partial charge in [0, 0.05) is 52.0 Å². The Morgan fingerprint density at radius 3 is 2.82 bits per heavy atom. The molecular weight excluding hydrogens is 214 g/mol. The quantitative estimate of drug-likeness (QED) is 0.633. The highest BCUT2D eigenvalue weighted by Crippen LogP contribution is 2.05. The number of ether oxygens (including phenoxy) is 1. The summed E-state index contributed by atoms with van der Waals surface area (Å²) in [7, 11) is 2.22. The summed E-state index contributed by atoms with van der Waals surface area (Å²) in [6.07, 6.45) is 1.12. The van der Waals surface area contributed by atoms with Gasteiger partial charge < -0.3 is 15.0 Å². The maximum atomic E-state index is 5.30. The highest BCUT2D eigenvalue weighted by atomic mass is 16.5. The van der Waals surface area contributed by atoms with Gasteiger partial charge in [0.25, 0.3) is 0 Å². The van der Waals surface area contributed by atoms with Gasteiger partial charge in [-0.2, -0.15) is 0 Å². The van der Waals surface area contributed by atoms with Crippen molar-refractivity contribution in [2.45, 2.75) is 26.3 Å². The molecule has 1 unspecified atom stereocenters. The van der Waals surface area contributed by atoms with Gasteiger partial charge in [-0.05, 0) is 33.9 Å². The molecule has 1 aliphatic rings. The van der Waals surface area contributed by atoms with Crippen LogP contribution in [0.5, 0.6) is 0 Å². The summed E-state index contributed by atoms with van der Waals surface area (Å²) in [6, 6.07) is 0.696. The van der Waals surface area contributed by atoms with Gasteiger partial charge in [-0.15, -0.1) is 0 Å². The van der Waals surface area contributed by atoms with Crippen LogP contribution in [0.1, 0.15) is 20.3 Å². The number of piperazine rings is 1. The molecule has 0 radical (unpaired) electrons. The van der Waals surface area contributed by atoms with E-state index in [2.05, 4.69) is 29.1 Å². The lowest BCUT2D eigenvalue weighted by molar-refractivity contribution is 0.105. The molecule has 1 N–H and O–H groups in total. The smallest absolute Gasteiger partial charge is 0.0477 e. The standard InChI is InChI=1S/C13H29N3O/c1-4-17-11-5-6-14-7-8-16-10-9-15(3)13(2)12-16/h13-14H,4-12H2,1-3H3. The van der Waals surface area contributed by atoms with Gasteiger partial charge in [0.1, 0.15) is 0 Å². The summed E-state index contributed by atoms with van der Waals surface area (Å²) in [5.41, 5.74) is 0. The second-order valence-corrected chi connectivity index (χ2v) is 4.93. The highest BCUT2D eigenvalue weighted by molar-refractivity contribution is 4.76. The lowest BCUT2D eigenvalue weighted by Crippen LogP contribution is -2.51. The van der Waals surface area contributed by atoms with Gasteiger partial charge in [-0.3, -0.25) is 4.90 Å². The van der Waals surface area contributed by atoms with Crippen molar-refractivity contribution >= 4 is 0 Å². The summed E-state index contributed by atoms with van der Waals surface area (Å²) in [5, 5.41) is 3.48. The molecule has 102 valence electrons. The molecule has 0 saturated carbocycles. The molecule has 1 fully saturated rings. The average molecular weight is 243 g/mol. The number of hydrogen-bond donors (Lipinski definition) is 1. The zero-order valence-electron chi connectivity index (χ0n) is 11.7. The van der Waals surface area contributed by atoms with E-state index >= 15 is 0 Å². The lowest BCUT2D eigenvalue weighted by Gasteiger charge is -2.37. The van der Waals surface area contributed by atoms with E-state index in [0.717, 1.165) is 32.7 Å². The van der Waals surface area contributed by atoms with Gasteiger partial charge in [0.2, 0.25) is 0 Å². The Bertz CT molecular complexity index is 190. The maximum absolute atomic E-state index is 5.30. The zero-order valence-corrected chi connectivity index (χ0v) is 11.7. The van der Waals surface area contributed by atoms with Crippen molar-refractivity contribution in [2.75, 3.05) is 59.5 Å². The van der Waals surface area contributed by atoms with Crippen molar-refractivity contribution in [1.29, 1.82) is 0 Å². The first-order valence-electron chi connectivity index (χ1n) is 6.95. The molecule has 0 spiro atoms. The first-order chi connectivity index (χ1) is 8.24. The molecule has 4 nitrogen and oxygen atoms in total. The van der Waals surface area contributed by atoms with Crippen LogP contribution in [0.25, 0.3) is 0 Å². The third-order valence-electron chi connectivity index (χ3n) is 3.49. The largest absolute Gasteiger partial charge is 0.382 e. The molecule has 1 aliphatic heterocycles. The van der Waals surface area contributed by atoms with Crippen molar-refractivity contribution in [3.8, 4) is 0 Å². The van der Waals surface area contributed by atoms with Crippen LogP contribution >= 0.6 is 0 Å². The second-order valence-electron chi connectivity index (χ2n) is 4.93. The third-order valence-corrected chi connectivity index (χ3v) is 3.49. The van der Waals surface area contributed by atoms with Crippen LogP contribution in [0.3, 0.4) is 0 Å². The van der Waals surface area contributed by atoms with Crippen LogP contribution in [-0.4, -0.2) is 75.4 Å². The van der Waals surface area contributed by atoms with Crippen LogP contribution in [0, 0.1) is 0 Å². The Balaban J connectivity index is 1.92. The van der Waals surface area contributed by atoms with Crippen LogP contribution in [0.2, 0.25) is 0 Å². The third kappa shape index (κ3) is 6.36. The number of rotatable bonds is 8. The second kappa shape index (κ2) is 8.86. The number of nitrogens with zero attached hydrogens (tertiary/aromatic N) is 2. The topological polar surface area (TPSA) is 27.7 Å². The molecule has 0 bridgehead atoms. The fraction of sp³-hybridized carbons (Fsp3) is 1.00. The van der Waals surface area contributed by atoms with Crippen molar-refractivity contribution < 1.29 is 4.74 Å². The minimum atomic E-state index is 0.696. The van der Waals surface area contributed by atoms with E-state index in [-0.39, 0.29) is 0 Å². The Morgan fingerprint density at radius 1 is 1.29 bits per heavy atom. The monoisotopic (exact) mass is 243 g/mol. The summed E-state index contributed by atoms with van der Waals surface area (Å²) >= 11 is 0. The summed E-state index contributed by atoms with van der Waals surface area (Å²) in [6.45, 7) is 13.0. The molecule has 1 saturated heterocycles. The Kier molecular flexibility index (Phi) is 7.77. The fourth-order valence-electron chi connectivity index (χ4n) is 2.13. The number of hydrogen-bond acceptors (Lipinski definition) is 4. The van der Waals surface area contributed by atoms with E-state index in [1.807, 2.05) is 6.92 Å². The first kappa shape index (κ1) is 14.9. The first-order valence-corrected chi connectivity index (χ1v) is 6.95. The molecule has 0 amide bonds. The highest BCUT2D eigenvalue weighted by Gasteiger charge is 2.19. The fourth-order valence-corrected chi connectivity index (χ4v) is 2.13. The van der Waals surface area contributed by atoms with E-state index in [9.17, 15) is 0 Å². The molecule has 1 heterocycles. The van der Waals surface area contributed by atoms with Crippen LogP contribution < -0.4 is 5.32 Å². The van der Waals surface area contributed by atoms with Gasteiger partial charge in [-0.1, -0.05) is 0 Å². The van der Waals surface area contributed by atoms with Crippen LogP contribution in [-0.2, 0) is 4.74 Å². The van der Waals surface area contributed by atoms with Gasteiger partial charge in [0.05, 0.1) is 0 Å². The molecule has 17 heavy (non-hydrogen) atoms. The van der Waals surface area contributed by atoms with E-state index < -0.39 is 0 Å². The van der Waals surface area contributed by atoms with Crippen molar-refractivity contribution in [3.63, 3.8) is 0 Å². The molecule has 4 heteroatoms. The Labute approximate surface area is 106 Å². The Morgan fingerprint density at radius 2 is 2.12 bits per heavy atom. The number of likely N-dealkylation sites (N-methyl/N-ethyl adjacent to an activating group) is 1. The summed E-state index contributed by atoms with van der Waals surface area (Å²) in [4.78, 5) is 4.99. The van der Waals surface area contributed by atoms with E-state index in [4.69, 9.17) is 4.74 Å². The molecule has 0 aromatic heterocycles. The van der Waals surface area contributed by atoms with Gasteiger partial charge in [-0.25, -0.2) is 0 Å². The molecule has 0 aromatic carbocycles. The average Bonchev–Trinajstić information content (AvgIpc) is 2.32. The van der Waals surface area contributed by atoms with Crippen molar-refractivity contribution in [1.82, 2.24) is 15.1 Å². The molecule has 1 rings (SSSR count). The number of nitrogens with one attached hydrogen (secondary N) is 1. The molecule has 0 aliphatic carbocycles. The predicted molar refractivity (Wildman–Crippen MR) is 72.5 cm³/mol. The van der Waals surface area contributed by atoms with Crippen LogP contribution in [0.4, 0.5) is 0 Å². The van der Waals surface area contributed by atoms with Gasteiger partial charge >= 0.3 is 0 Å². The SMILES string of the molecule is CCOCCCNCCN1CCN(C)C(C)C1. The van der Waals surface area contributed by atoms with Crippen molar-refractivity contribution in [2.24, 2.45) is 0 Å². The molecular formula is C13H29N3O. The van der Waals surface area contributed by atoms with Crippen molar-refractivity contribution in [3.05, 3.63) is 0 Å². The Hall–Kier alpha value is -0.160. The summed E-state index contributed by atoms with van der Waals surface area (Å²) < 4.78 is 5.30. The van der Waals surface area contributed by atoms with Gasteiger partial charge in [0.15, 0.2) is 0 Å². The zero-order chi connectivity index (χ0) is 12.5. The minimum absolute atomic E-state index is 0.696.